The third-order valence-electron chi connectivity index (χ3n) is 3.21. The topological polar surface area (TPSA) is 82.0 Å². The summed E-state index contributed by atoms with van der Waals surface area (Å²) in [5.41, 5.74) is 0.999. The first-order valence-electron chi connectivity index (χ1n) is 6.85. The molecule has 0 saturated carbocycles. The maximum Gasteiger partial charge on any atom is 0.276 e. The number of hydrogen-bond acceptors (Lipinski definition) is 4. The molecule has 6 nitrogen and oxygen atoms in total. The zero-order valence-corrected chi connectivity index (χ0v) is 13.6. The molecule has 0 heterocycles. The Balaban J connectivity index is 2.19. The van der Waals surface area contributed by atoms with Gasteiger partial charge in [0.2, 0.25) is 0 Å². The molecule has 0 aliphatic carbocycles. The summed E-state index contributed by atoms with van der Waals surface area (Å²) in [5, 5.41) is 12.9. The maximum atomic E-state index is 13.9. The summed E-state index contributed by atoms with van der Waals surface area (Å²) in [7, 11) is 1.27. The molecule has 2 aromatic rings. The quantitative estimate of drug-likeness (QED) is 0.495. The van der Waals surface area contributed by atoms with E-state index in [1.807, 2.05) is 0 Å². The molecule has 0 aliphatic rings. The van der Waals surface area contributed by atoms with Crippen molar-refractivity contribution >= 4 is 29.6 Å². The largest absolute Gasteiger partial charge is 0.288 e. The Hall–Kier alpha value is -2.84. The van der Waals surface area contributed by atoms with Crippen molar-refractivity contribution in [3.63, 3.8) is 0 Å². The Kier molecular flexibility index (Phi) is 5.79. The van der Waals surface area contributed by atoms with Gasteiger partial charge >= 0.3 is 0 Å². The molecular formula is C16H12ClF2N3O3. The Morgan fingerprint density at radius 3 is 2.64 bits per heavy atom. The average molecular weight is 368 g/mol. The van der Waals surface area contributed by atoms with Gasteiger partial charge < -0.3 is 0 Å². The molecule has 0 unspecified atom stereocenters. The number of halogens is 3. The number of carbonyl (C=O) groups excluding carboxylic acids is 2. The summed E-state index contributed by atoms with van der Waals surface area (Å²) in [6.45, 7) is 0. The Bertz CT molecular complexity index is 859. The highest BCUT2D eigenvalue weighted by Gasteiger charge is 2.17. The van der Waals surface area contributed by atoms with Crippen LogP contribution in [-0.4, -0.2) is 35.3 Å². The SMILES string of the molecule is CN(/N=C/c1ccc(C(=O)NO)cc1F)C(=O)c1cccc(Cl)c1F. The number of nitrogens with zero attached hydrogens (tertiary/aromatic N) is 2. The Morgan fingerprint density at radius 1 is 1.28 bits per heavy atom. The monoisotopic (exact) mass is 367 g/mol. The highest BCUT2D eigenvalue weighted by atomic mass is 35.5. The van der Waals surface area contributed by atoms with E-state index in [1.165, 1.54) is 42.9 Å². The number of hydrogen-bond donors (Lipinski definition) is 2. The number of amides is 2. The molecule has 0 atom stereocenters. The second kappa shape index (κ2) is 7.82. The van der Waals surface area contributed by atoms with Crippen molar-refractivity contribution in [1.82, 2.24) is 10.5 Å². The lowest BCUT2D eigenvalue weighted by molar-refractivity contribution is 0.0705. The van der Waals surface area contributed by atoms with Crippen molar-refractivity contribution in [2.75, 3.05) is 7.05 Å². The summed E-state index contributed by atoms with van der Waals surface area (Å²) in [5.74, 6) is -3.31. The van der Waals surface area contributed by atoms with Crippen molar-refractivity contribution in [2.45, 2.75) is 0 Å². The fourth-order valence-electron chi connectivity index (χ4n) is 1.88. The molecule has 0 spiro atoms. The number of hydroxylamine groups is 1. The lowest BCUT2D eigenvalue weighted by Crippen LogP contribution is -2.22. The molecule has 2 N–H and O–H groups in total. The molecule has 130 valence electrons. The van der Waals surface area contributed by atoms with Crippen molar-refractivity contribution in [3.05, 3.63) is 69.7 Å². The van der Waals surface area contributed by atoms with E-state index < -0.39 is 23.4 Å². The summed E-state index contributed by atoms with van der Waals surface area (Å²) in [6.07, 6.45) is 1.04. The van der Waals surface area contributed by atoms with Gasteiger partial charge in [-0.1, -0.05) is 17.7 Å². The van der Waals surface area contributed by atoms with Gasteiger partial charge in [-0.3, -0.25) is 14.8 Å². The zero-order chi connectivity index (χ0) is 18.6. The predicted octanol–water partition coefficient (Wildman–Crippen LogP) is 2.84. The van der Waals surface area contributed by atoms with Crippen LogP contribution >= 0.6 is 11.6 Å². The van der Waals surface area contributed by atoms with E-state index in [2.05, 4.69) is 5.10 Å². The first-order chi connectivity index (χ1) is 11.8. The van der Waals surface area contributed by atoms with Crippen LogP contribution in [-0.2, 0) is 0 Å². The fourth-order valence-corrected chi connectivity index (χ4v) is 2.06. The minimum absolute atomic E-state index is 0.0132. The van der Waals surface area contributed by atoms with E-state index in [4.69, 9.17) is 16.8 Å². The second-order valence-corrected chi connectivity index (χ2v) is 5.26. The zero-order valence-electron chi connectivity index (χ0n) is 12.8. The van der Waals surface area contributed by atoms with Gasteiger partial charge in [0.25, 0.3) is 11.8 Å². The van der Waals surface area contributed by atoms with E-state index in [0.29, 0.717) is 0 Å². The second-order valence-electron chi connectivity index (χ2n) is 4.85. The van der Waals surface area contributed by atoms with Gasteiger partial charge in [-0.05, 0) is 30.3 Å². The lowest BCUT2D eigenvalue weighted by Gasteiger charge is -2.12. The van der Waals surface area contributed by atoms with Gasteiger partial charge in [0, 0.05) is 18.2 Å². The molecule has 25 heavy (non-hydrogen) atoms. The van der Waals surface area contributed by atoms with Crippen molar-refractivity contribution < 1.29 is 23.6 Å². The standard InChI is InChI=1S/C16H12ClF2N3O3/c1-22(16(24)11-3-2-4-12(17)14(11)19)20-8-10-6-5-9(7-13(10)18)15(23)21-25/h2-8,25H,1H3,(H,21,23)/b20-8+. The number of nitrogens with one attached hydrogen (secondary N) is 1. The van der Waals surface area contributed by atoms with Crippen molar-refractivity contribution in [1.29, 1.82) is 0 Å². The number of hydrazone groups is 1. The molecule has 0 bridgehead atoms. The molecule has 0 aliphatic heterocycles. The van der Waals surface area contributed by atoms with Crippen LogP contribution in [0.1, 0.15) is 26.3 Å². The van der Waals surface area contributed by atoms with E-state index in [0.717, 1.165) is 17.3 Å². The smallest absolute Gasteiger partial charge is 0.276 e. The minimum atomic E-state index is -0.873. The molecule has 2 amide bonds. The molecular weight excluding hydrogens is 356 g/mol. The predicted molar refractivity (Wildman–Crippen MR) is 86.8 cm³/mol. The van der Waals surface area contributed by atoms with Gasteiger partial charge in [0.15, 0.2) is 5.82 Å². The van der Waals surface area contributed by atoms with Crippen LogP contribution in [0.5, 0.6) is 0 Å². The van der Waals surface area contributed by atoms with Crippen LogP contribution in [0.3, 0.4) is 0 Å². The molecule has 2 aromatic carbocycles. The van der Waals surface area contributed by atoms with Crippen LogP contribution in [0.2, 0.25) is 5.02 Å². The highest BCUT2D eigenvalue weighted by Crippen LogP contribution is 2.19. The van der Waals surface area contributed by atoms with E-state index in [9.17, 15) is 18.4 Å². The average Bonchev–Trinajstić information content (AvgIpc) is 2.61. The van der Waals surface area contributed by atoms with E-state index in [1.54, 1.807) is 0 Å². The summed E-state index contributed by atoms with van der Waals surface area (Å²) >= 11 is 5.62. The Labute approximate surface area is 146 Å². The van der Waals surface area contributed by atoms with E-state index >= 15 is 0 Å². The number of carbonyl (C=O) groups is 2. The third-order valence-corrected chi connectivity index (χ3v) is 3.50. The highest BCUT2D eigenvalue weighted by molar-refractivity contribution is 6.31. The van der Waals surface area contributed by atoms with Gasteiger partial charge in [0.1, 0.15) is 5.82 Å². The van der Waals surface area contributed by atoms with Gasteiger partial charge in [0.05, 0.1) is 16.8 Å². The summed E-state index contributed by atoms with van der Waals surface area (Å²) in [6, 6.07) is 7.36. The van der Waals surface area contributed by atoms with Gasteiger partial charge in [-0.25, -0.2) is 19.3 Å². The summed E-state index contributed by atoms with van der Waals surface area (Å²) in [4.78, 5) is 23.3. The molecule has 0 aromatic heterocycles. The first-order valence-corrected chi connectivity index (χ1v) is 7.23. The normalized spacial score (nSPS) is 10.8. The van der Waals surface area contributed by atoms with Crippen molar-refractivity contribution in [2.24, 2.45) is 5.10 Å². The maximum absolute atomic E-state index is 13.9. The number of rotatable bonds is 4. The minimum Gasteiger partial charge on any atom is -0.288 e. The Morgan fingerprint density at radius 2 is 2.00 bits per heavy atom. The van der Waals surface area contributed by atoms with Crippen LogP contribution in [0.15, 0.2) is 41.5 Å². The van der Waals surface area contributed by atoms with Crippen LogP contribution < -0.4 is 5.48 Å². The fraction of sp³-hybridized carbons (Fsp3) is 0.0625. The molecule has 9 heteroatoms. The molecule has 0 fully saturated rings. The summed E-state index contributed by atoms with van der Waals surface area (Å²) < 4.78 is 27.7. The lowest BCUT2D eigenvalue weighted by atomic mass is 10.1. The van der Waals surface area contributed by atoms with E-state index in [-0.39, 0.29) is 21.7 Å². The van der Waals surface area contributed by atoms with Crippen LogP contribution in [0, 0.1) is 11.6 Å². The molecule has 0 radical (unpaired) electrons. The van der Waals surface area contributed by atoms with Gasteiger partial charge in [-0.2, -0.15) is 5.10 Å². The first kappa shape index (κ1) is 18.5. The van der Waals surface area contributed by atoms with Crippen LogP contribution in [0.4, 0.5) is 8.78 Å². The van der Waals surface area contributed by atoms with Gasteiger partial charge in [-0.15, -0.1) is 0 Å². The number of benzene rings is 2. The third kappa shape index (κ3) is 4.17. The molecule has 0 saturated heterocycles. The van der Waals surface area contributed by atoms with Crippen LogP contribution in [0.25, 0.3) is 0 Å². The molecule has 2 rings (SSSR count). The van der Waals surface area contributed by atoms with Crippen molar-refractivity contribution in [3.8, 4) is 0 Å².